The average Bonchev–Trinajstić information content (AvgIpc) is 3.46. The number of allylic oxidation sites excluding steroid dienone is 7. The Bertz CT molecular complexity index is 1380. The van der Waals surface area contributed by atoms with E-state index in [-0.39, 0.29) is 45.4 Å². The molecule has 0 bridgehead atoms. The number of ketones is 2. The lowest BCUT2D eigenvalue weighted by Gasteiger charge is -2.58. The Morgan fingerprint density at radius 3 is 1.84 bits per heavy atom. The van der Waals surface area contributed by atoms with E-state index in [0.717, 1.165) is 63.4 Å². The quantitative estimate of drug-likeness (QED) is 0.298. The van der Waals surface area contributed by atoms with E-state index in [2.05, 4.69) is 46.9 Å². The van der Waals surface area contributed by atoms with Crippen molar-refractivity contribution >= 4 is 11.6 Å². The molecule has 8 aliphatic carbocycles. The van der Waals surface area contributed by atoms with Gasteiger partial charge in [-0.25, -0.2) is 0 Å². The fraction of sp³-hybridized carbons (Fsp3) is 0.700. The van der Waals surface area contributed by atoms with Crippen LogP contribution in [-0.4, -0.2) is 34.0 Å². The summed E-state index contributed by atoms with van der Waals surface area (Å²) >= 11 is 0. The SMILES string of the molecule is C=C1CC2C(CC[C@@]3(C)C2CC[C@@H]3O)[C@@]2(C)C=CC(=O)C=C12.C=C1CC2C(CC[C@@]3(C)C2CC[C@@H]3O)[C@@]2(C)CCC(=O)C=C12. The Hall–Kier alpha value is -2.04. The van der Waals surface area contributed by atoms with Gasteiger partial charge >= 0.3 is 0 Å². The van der Waals surface area contributed by atoms with Crippen LogP contribution in [0.4, 0.5) is 0 Å². The van der Waals surface area contributed by atoms with Crippen molar-refractivity contribution in [2.45, 2.75) is 117 Å². The summed E-state index contributed by atoms with van der Waals surface area (Å²) in [5.41, 5.74) is 5.08. The summed E-state index contributed by atoms with van der Waals surface area (Å²) in [4.78, 5) is 23.7. The van der Waals surface area contributed by atoms with Crippen molar-refractivity contribution in [2.24, 2.45) is 57.2 Å². The second-order valence-electron chi connectivity index (χ2n) is 17.2. The molecule has 8 rings (SSSR count). The van der Waals surface area contributed by atoms with Gasteiger partial charge in [-0.3, -0.25) is 9.59 Å². The molecule has 0 aromatic rings. The lowest BCUT2D eigenvalue weighted by Crippen LogP contribution is -2.51. The Balaban J connectivity index is 0.000000142. The Labute approximate surface area is 264 Å². The molecule has 0 spiro atoms. The predicted octanol–water partition coefficient (Wildman–Crippen LogP) is 7.87. The molecule has 0 heterocycles. The molecular weight excluding hydrogens is 544 g/mol. The van der Waals surface area contributed by atoms with E-state index in [0.29, 0.717) is 41.9 Å². The van der Waals surface area contributed by atoms with Gasteiger partial charge in [0, 0.05) is 11.8 Å². The molecule has 0 amide bonds. The van der Waals surface area contributed by atoms with E-state index in [1.165, 1.54) is 29.6 Å². The summed E-state index contributed by atoms with van der Waals surface area (Å²) < 4.78 is 0. The number of hydrogen-bond acceptors (Lipinski definition) is 4. The summed E-state index contributed by atoms with van der Waals surface area (Å²) in [6, 6.07) is 0. The Morgan fingerprint density at radius 2 is 1.23 bits per heavy atom. The van der Waals surface area contributed by atoms with Crippen LogP contribution in [0.25, 0.3) is 0 Å². The minimum atomic E-state index is -0.139. The molecule has 0 radical (unpaired) electrons. The monoisotopic (exact) mass is 598 g/mol. The lowest BCUT2D eigenvalue weighted by atomic mass is 9.46. The Kier molecular flexibility index (Phi) is 7.12. The molecule has 8 aliphatic rings. The highest BCUT2D eigenvalue weighted by Crippen LogP contribution is 2.67. The van der Waals surface area contributed by atoms with Crippen LogP contribution < -0.4 is 0 Å². The minimum absolute atomic E-state index is 0.0389. The third-order valence-corrected chi connectivity index (χ3v) is 15.4. The van der Waals surface area contributed by atoms with E-state index in [4.69, 9.17) is 0 Å². The molecule has 6 saturated carbocycles. The molecule has 0 aromatic carbocycles. The van der Waals surface area contributed by atoms with Gasteiger partial charge in [0.05, 0.1) is 12.2 Å². The summed E-state index contributed by atoms with van der Waals surface area (Å²) in [5, 5.41) is 21.0. The van der Waals surface area contributed by atoms with Crippen LogP contribution >= 0.6 is 0 Å². The van der Waals surface area contributed by atoms with E-state index in [9.17, 15) is 19.8 Å². The highest BCUT2D eigenvalue weighted by molar-refractivity contribution is 6.02. The fourth-order valence-electron chi connectivity index (χ4n) is 12.7. The molecule has 44 heavy (non-hydrogen) atoms. The normalized spacial score (nSPS) is 50.6. The number of rotatable bonds is 0. The third kappa shape index (κ3) is 4.21. The zero-order chi connectivity index (χ0) is 31.4. The predicted molar refractivity (Wildman–Crippen MR) is 174 cm³/mol. The van der Waals surface area contributed by atoms with Crippen molar-refractivity contribution in [3.8, 4) is 0 Å². The van der Waals surface area contributed by atoms with Crippen molar-refractivity contribution in [3.05, 3.63) is 59.8 Å². The number of hydrogen-bond donors (Lipinski definition) is 2. The van der Waals surface area contributed by atoms with Crippen molar-refractivity contribution in [3.63, 3.8) is 0 Å². The summed E-state index contributed by atoms with van der Waals surface area (Å²) in [5.74, 6) is 4.12. The molecule has 6 fully saturated rings. The first kappa shape index (κ1) is 30.6. The molecule has 0 aliphatic heterocycles. The number of carbonyl (C=O) groups is 2. The molecule has 2 N–H and O–H groups in total. The lowest BCUT2D eigenvalue weighted by molar-refractivity contribution is -0.117. The van der Waals surface area contributed by atoms with Crippen molar-refractivity contribution in [2.75, 3.05) is 0 Å². The van der Waals surface area contributed by atoms with Crippen LogP contribution in [0, 0.1) is 57.2 Å². The smallest absolute Gasteiger partial charge is 0.178 e. The van der Waals surface area contributed by atoms with E-state index >= 15 is 0 Å². The molecular formula is C40H54O4. The summed E-state index contributed by atoms with van der Waals surface area (Å²) in [7, 11) is 0. The topological polar surface area (TPSA) is 74.6 Å². The van der Waals surface area contributed by atoms with E-state index in [1.807, 2.05) is 12.2 Å². The molecule has 4 nitrogen and oxygen atoms in total. The number of aliphatic hydroxyl groups excluding tert-OH is 2. The van der Waals surface area contributed by atoms with Crippen molar-refractivity contribution in [1.82, 2.24) is 0 Å². The highest BCUT2D eigenvalue weighted by atomic mass is 16.3. The van der Waals surface area contributed by atoms with Gasteiger partial charge in [0.25, 0.3) is 0 Å². The van der Waals surface area contributed by atoms with Gasteiger partial charge < -0.3 is 10.2 Å². The first-order valence-electron chi connectivity index (χ1n) is 17.6. The molecule has 238 valence electrons. The van der Waals surface area contributed by atoms with Gasteiger partial charge in [-0.15, -0.1) is 0 Å². The van der Waals surface area contributed by atoms with E-state index in [1.54, 1.807) is 6.08 Å². The molecule has 0 aromatic heterocycles. The van der Waals surface area contributed by atoms with Gasteiger partial charge in [-0.05, 0) is 152 Å². The first-order chi connectivity index (χ1) is 20.7. The second kappa shape index (κ2) is 10.2. The average molecular weight is 599 g/mol. The minimum Gasteiger partial charge on any atom is -0.393 e. The largest absolute Gasteiger partial charge is 0.393 e. The molecule has 12 atom stereocenters. The van der Waals surface area contributed by atoms with Gasteiger partial charge in [-0.2, -0.15) is 0 Å². The van der Waals surface area contributed by atoms with Crippen LogP contribution in [0.2, 0.25) is 0 Å². The van der Waals surface area contributed by atoms with Gasteiger partial charge in [0.15, 0.2) is 11.6 Å². The maximum Gasteiger partial charge on any atom is 0.178 e. The van der Waals surface area contributed by atoms with Gasteiger partial charge in [0.2, 0.25) is 0 Å². The van der Waals surface area contributed by atoms with Crippen molar-refractivity contribution < 1.29 is 19.8 Å². The Morgan fingerprint density at radius 1 is 0.682 bits per heavy atom. The molecule has 6 unspecified atom stereocenters. The molecule has 4 heteroatoms. The standard InChI is InChI=1S/C20H28O2.C20H26O2/c2*1-12-10-14-15-4-5-18(22)20(15,3)9-7-16(14)19(2)8-6-13(21)11-17(12)19/h11,14-16,18,22H,1,4-10H2,2-3H3;6,8,11,14-16,18,22H,1,4-5,7,9-10H2,2-3H3/t2*14?,15?,16?,18-,19+,20-/m00/s1. The zero-order valence-electron chi connectivity index (χ0n) is 27.5. The van der Waals surface area contributed by atoms with Gasteiger partial charge in [0.1, 0.15) is 0 Å². The van der Waals surface area contributed by atoms with Crippen molar-refractivity contribution in [1.29, 1.82) is 0 Å². The third-order valence-electron chi connectivity index (χ3n) is 15.4. The highest BCUT2D eigenvalue weighted by Gasteiger charge is 2.60. The molecule has 0 saturated heterocycles. The van der Waals surface area contributed by atoms with Crippen LogP contribution in [0.1, 0.15) is 105 Å². The maximum atomic E-state index is 11.9. The summed E-state index contributed by atoms with van der Waals surface area (Å²) in [6.45, 7) is 17.9. The van der Waals surface area contributed by atoms with Gasteiger partial charge in [-0.1, -0.05) is 58.1 Å². The number of aliphatic hydroxyl groups is 2. The zero-order valence-corrected chi connectivity index (χ0v) is 27.5. The number of carbonyl (C=O) groups excluding carboxylic acids is 2. The second-order valence-corrected chi connectivity index (χ2v) is 17.2. The maximum absolute atomic E-state index is 11.9. The first-order valence-corrected chi connectivity index (χ1v) is 17.6. The van der Waals surface area contributed by atoms with E-state index < -0.39 is 0 Å². The van der Waals surface area contributed by atoms with Crippen LogP contribution in [0.5, 0.6) is 0 Å². The summed E-state index contributed by atoms with van der Waals surface area (Å²) in [6.07, 6.45) is 19.9. The fourth-order valence-corrected chi connectivity index (χ4v) is 12.7. The van der Waals surface area contributed by atoms with Crippen LogP contribution in [-0.2, 0) is 9.59 Å². The number of fused-ring (bicyclic) bond motifs is 10. The van der Waals surface area contributed by atoms with Crippen LogP contribution in [0.3, 0.4) is 0 Å². The van der Waals surface area contributed by atoms with Crippen LogP contribution in [0.15, 0.2) is 59.8 Å².